The first-order chi connectivity index (χ1) is 8.20. The Labute approximate surface area is 105 Å². The molecule has 3 nitrogen and oxygen atoms in total. The summed E-state index contributed by atoms with van der Waals surface area (Å²) in [5.74, 6) is -0.377. The molecular formula is C14H26O3. The van der Waals surface area contributed by atoms with Gasteiger partial charge >= 0.3 is 5.97 Å². The fraction of sp³-hybridized carbons (Fsp3) is 0.857. The maximum absolute atomic E-state index is 11.2. The minimum atomic E-state index is -0.364. The van der Waals surface area contributed by atoms with Gasteiger partial charge in [0, 0.05) is 6.42 Å². The number of Topliss-reactive ketones (excluding diaryl/α,β-unsaturated/α-hetero) is 1. The SMILES string of the molecule is CCCCCCCCOC(=O)CC(=O)CCC. The van der Waals surface area contributed by atoms with Gasteiger partial charge in [0.25, 0.3) is 0 Å². The van der Waals surface area contributed by atoms with E-state index >= 15 is 0 Å². The maximum atomic E-state index is 11.2. The van der Waals surface area contributed by atoms with Crippen LogP contribution in [0.2, 0.25) is 0 Å². The third kappa shape index (κ3) is 11.4. The summed E-state index contributed by atoms with van der Waals surface area (Å²) in [5, 5.41) is 0. The van der Waals surface area contributed by atoms with Gasteiger partial charge in [0.15, 0.2) is 0 Å². The van der Waals surface area contributed by atoms with E-state index in [2.05, 4.69) is 6.92 Å². The molecule has 100 valence electrons. The molecule has 0 rings (SSSR count). The van der Waals surface area contributed by atoms with E-state index in [4.69, 9.17) is 4.74 Å². The number of carbonyl (C=O) groups is 2. The monoisotopic (exact) mass is 242 g/mol. The highest BCUT2D eigenvalue weighted by Crippen LogP contribution is 2.05. The van der Waals surface area contributed by atoms with Crippen molar-refractivity contribution >= 4 is 11.8 Å². The van der Waals surface area contributed by atoms with Crippen LogP contribution in [0.5, 0.6) is 0 Å². The third-order valence-corrected chi connectivity index (χ3v) is 2.63. The van der Waals surface area contributed by atoms with Crippen LogP contribution in [-0.4, -0.2) is 18.4 Å². The lowest BCUT2D eigenvalue weighted by molar-refractivity contribution is -0.146. The zero-order chi connectivity index (χ0) is 12.9. The Balaban J connectivity index is 3.30. The lowest BCUT2D eigenvalue weighted by Gasteiger charge is -2.04. The smallest absolute Gasteiger partial charge is 0.313 e. The molecule has 0 bridgehead atoms. The molecule has 0 aromatic carbocycles. The van der Waals surface area contributed by atoms with Gasteiger partial charge in [0.05, 0.1) is 6.61 Å². The van der Waals surface area contributed by atoms with Crippen molar-refractivity contribution in [2.75, 3.05) is 6.61 Å². The Bertz CT molecular complexity index is 212. The van der Waals surface area contributed by atoms with Crippen molar-refractivity contribution in [2.24, 2.45) is 0 Å². The Hall–Kier alpha value is -0.860. The van der Waals surface area contributed by atoms with Gasteiger partial charge in [-0.2, -0.15) is 0 Å². The van der Waals surface area contributed by atoms with Gasteiger partial charge in [-0.05, 0) is 12.8 Å². The van der Waals surface area contributed by atoms with Crippen molar-refractivity contribution in [3.63, 3.8) is 0 Å². The summed E-state index contributed by atoms with van der Waals surface area (Å²) in [7, 11) is 0. The summed E-state index contributed by atoms with van der Waals surface area (Å²) in [6.07, 6.45) is 8.24. The van der Waals surface area contributed by atoms with Crippen LogP contribution in [-0.2, 0) is 14.3 Å². The second-order valence-electron chi connectivity index (χ2n) is 4.45. The molecule has 0 aromatic heterocycles. The van der Waals surface area contributed by atoms with E-state index in [-0.39, 0.29) is 18.2 Å². The average molecular weight is 242 g/mol. The van der Waals surface area contributed by atoms with Gasteiger partial charge in [-0.25, -0.2) is 0 Å². The molecule has 0 unspecified atom stereocenters. The molecule has 17 heavy (non-hydrogen) atoms. The molecule has 0 aliphatic rings. The summed E-state index contributed by atoms with van der Waals surface area (Å²) in [6, 6.07) is 0. The summed E-state index contributed by atoms with van der Waals surface area (Å²) >= 11 is 0. The second-order valence-corrected chi connectivity index (χ2v) is 4.45. The minimum Gasteiger partial charge on any atom is -0.465 e. The Kier molecular flexibility index (Phi) is 11.0. The number of rotatable bonds is 11. The molecule has 3 heteroatoms. The maximum Gasteiger partial charge on any atom is 0.313 e. The van der Waals surface area contributed by atoms with Crippen LogP contribution in [0.25, 0.3) is 0 Å². The van der Waals surface area contributed by atoms with Gasteiger partial charge in [0.1, 0.15) is 12.2 Å². The summed E-state index contributed by atoms with van der Waals surface area (Å²) in [5.41, 5.74) is 0. The quantitative estimate of drug-likeness (QED) is 0.315. The predicted molar refractivity (Wildman–Crippen MR) is 68.9 cm³/mol. The van der Waals surface area contributed by atoms with E-state index in [0.717, 1.165) is 19.3 Å². The fourth-order valence-electron chi connectivity index (χ4n) is 1.65. The average Bonchev–Trinajstić information content (AvgIpc) is 2.28. The second kappa shape index (κ2) is 11.6. The topological polar surface area (TPSA) is 43.4 Å². The van der Waals surface area contributed by atoms with Crippen molar-refractivity contribution < 1.29 is 14.3 Å². The van der Waals surface area contributed by atoms with Gasteiger partial charge in [0.2, 0.25) is 0 Å². The van der Waals surface area contributed by atoms with Gasteiger partial charge in [-0.15, -0.1) is 0 Å². The molecule has 0 atom stereocenters. The van der Waals surface area contributed by atoms with Crippen molar-refractivity contribution in [2.45, 2.75) is 71.6 Å². The largest absolute Gasteiger partial charge is 0.465 e. The molecule has 0 heterocycles. The third-order valence-electron chi connectivity index (χ3n) is 2.63. The molecule has 0 radical (unpaired) electrons. The fourth-order valence-corrected chi connectivity index (χ4v) is 1.65. The number of hydrogen-bond donors (Lipinski definition) is 0. The van der Waals surface area contributed by atoms with Crippen molar-refractivity contribution in [1.29, 1.82) is 0 Å². The normalized spacial score (nSPS) is 10.2. The lowest BCUT2D eigenvalue weighted by Crippen LogP contribution is -2.11. The summed E-state index contributed by atoms with van der Waals surface area (Å²) in [6.45, 7) is 4.58. The number of esters is 1. The predicted octanol–water partition coefficient (Wildman–Crippen LogP) is 3.65. The van der Waals surface area contributed by atoms with Crippen LogP contribution in [0, 0.1) is 0 Å². The number of ketones is 1. The Morgan fingerprint density at radius 3 is 2.18 bits per heavy atom. The van der Waals surface area contributed by atoms with E-state index in [0.29, 0.717) is 13.0 Å². The molecule has 0 saturated carbocycles. The molecule has 0 amide bonds. The first kappa shape index (κ1) is 16.1. The Morgan fingerprint density at radius 1 is 0.882 bits per heavy atom. The molecule has 0 aliphatic heterocycles. The molecule has 0 saturated heterocycles. The zero-order valence-electron chi connectivity index (χ0n) is 11.3. The van der Waals surface area contributed by atoms with Crippen LogP contribution in [0.15, 0.2) is 0 Å². The molecule has 0 fully saturated rings. The number of ether oxygens (including phenoxy) is 1. The standard InChI is InChI=1S/C14H26O3/c1-3-5-6-7-8-9-11-17-14(16)12-13(15)10-4-2/h3-12H2,1-2H3. The van der Waals surface area contributed by atoms with Crippen LogP contribution in [0.1, 0.15) is 71.6 Å². The summed E-state index contributed by atoms with van der Waals surface area (Å²) < 4.78 is 5.01. The molecule has 0 aliphatic carbocycles. The number of carbonyl (C=O) groups excluding carboxylic acids is 2. The van der Waals surface area contributed by atoms with E-state index < -0.39 is 0 Å². The lowest BCUT2D eigenvalue weighted by atomic mass is 10.1. The highest BCUT2D eigenvalue weighted by atomic mass is 16.5. The Morgan fingerprint density at radius 2 is 1.53 bits per heavy atom. The van der Waals surface area contributed by atoms with Crippen LogP contribution < -0.4 is 0 Å². The van der Waals surface area contributed by atoms with Gasteiger partial charge in [-0.3, -0.25) is 9.59 Å². The first-order valence-corrected chi connectivity index (χ1v) is 6.88. The highest BCUT2D eigenvalue weighted by Gasteiger charge is 2.09. The number of unbranched alkanes of at least 4 members (excludes halogenated alkanes) is 5. The van der Waals surface area contributed by atoms with Crippen LogP contribution in [0.3, 0.4) is 0 Å². The minimum absolute atomic E-state index is 0.0135. The molecular weight excluding hydrogens is 216 g/mol. The zero-order valence-corrected chi connectivity index (χ0v) is 11.3. The van der Waals surface area contributed by atoms with Gasteiger partial charge in [-0.1, -0.05) is 46.0 Å². The van der Waals surface area contributed by atoms with Crippen LogP contribution in [0.4, 0.5) is 0 Å². The van der Waals surface area contributed by atoms with E-state index in [1.54, 1.807) is 0 Å². The van der Waals surface area contributed by atoms with E-state index in [9.17, 15) is 9.59 Å². The van der Waals surface area contributed by atoms with E-state index in [1.165, 1.54) is 25.7 Å². The highest BCUT2D eigenvalue weighted by molar-refractivity contribution is 5.95. The first-order valence-electron chi connectivity index (χ1n) is 6.88. The van der Waals surface area contributed by atoms with Crippen LogP contribution >= 0.6 is 0 Å². The van der Waals surface area contributed by atoms with Crippen molar-refractivity contribution in [3.8, 4) is 0 Å². The van der Waals surface area contributed by atoms with Crippen molar-refractivity contribution in [1.82, 2.24) is 0 Å². The van der Waals surface area contributed by atoms with Crippen molar-refractivity contribution in [3.05, 3.63) is 0 Å². The molecule has 0 N–H and O–H groups in total. The molecule has 0 aromatic rings. The number of hydrogen-bond acceptors (Lipinski definition) is 3. The van der Waals surface area contributed by atoms with E-state index in [1.807, 2.05) is 6.92 Å². The molecule has 0 spiro atoms. The summed E-state index contributed by atoms with van der Waals surface area (Å²) in [4.78, 5) is 22.4. The van der Waals surface area contributed by atoms with Gasteiger partial charge < -0.3 is 4.74 Å².